The van der Waals surface area contributed by atoms with Crippen LogP contribution in [0.4, 0.5) is 11.6 Å². The molecule has 3 aromatic rings. The number of aromatic nitrogens is 4. The van der Waals surface area contributed by atoms with E-state index in [1.54, 1.807) is 19.3 Å². The number of hydrogen-bond acceptors (Lipinski definition) is 8. The second kappa shape index (κ2) is 8.68. The van der Waals surface area contributed by atoms with Crippen LogP contribution in [0.1, 0.15) is 12.2 Å². The number of nitrogens with zero attached hydrogens (tertiary/aromatic N) is 6. The van der Waals surface area contributed by atoms with Crippen LogP contribution < -0.4 is 10.2 Å². The van der Waals surface area contributed by atoms with E-state index < -0.39 is 0 Å². The maximum Gasteiger partial charge on any atom is 0.261 e. The molecule has 0 unspecified atom stereocenters. The van der Waals surface area contributed by atoms with Gasteiger partial charge in [0.2, 0.25) is 5.91 Å². The minimum Gasteiger partial charge on any atom is -0.369 e. The van der Waals surface area contributed by atoms with Gasteiger partial charge in [0.05, 0.1) is 5.56 Å². The summed E-state index contributed by atoms with van der Waals surface area (Å²) in [4.78, 5) is 29.7. The first-order chi connectivity index (χ1) is 14.2. The van der Waals surface area contributed by atoms with Crippen molar-refractivity contribution in [2.75, 3.05) is 42.9 Å². The summed E-state index contributed by atoms with van der Waals surface area (Å²) in [5.74, 6) is 2.69. The van der Waals surface area contributed by atoms with Gasteiger partial charge < -0.3 is 19.6 Å². The molecule has 3 aromatic heterocycles. The molecule has 0 aliphatic carbocycles. The number of pyridine rings is 2. The van der Waals surface area contributed by atoms with Gasteiger partial charge in [-0.05, 0) is 31.2 Å². The number of carbonyl (C=O) groups is 1. The van der Waals surface area contributed by atoms with Gasteiger partial charge >= 0.3 is 0 Å². The fourth-order valence-electron chi connectivity index (χ4n) is 3.30. The van der Waals surface area contributed by atoms with Crippen LogP contribution in [0.3, 0.4) is 0 Å². The van der Waals surface area contributed by atoms with Crippen molar-refractivity contribution in [2.24, 2.45) is 0 Å². The number of carbonyl (C=O) groups excluding carboxylic acids is 1. The molecule has 4 heterocycles. The molecule has 1 saturated heterocycles. The Balaban J connectivity index is 1.28. The van der Waals surface area contributed by atoms with Crippen LogP contribution in [0.5, 0.6) is 0 Å². The maximum absolute atomic E-state index is 12.6. The zero-order valence-electron chi connectivity index (χ0n) is 16.3. The van der Waals surface area contributed by atoms with E-state index in [2.05, 4.69) is 30.3 Å². The van der Waals surface area contributed by atoms with E-state index in [0.717, 1.165) is 24.5 Å². The second-order valence-electron chi connectivity index (χ2n) is 6.78. The fraction of sp³-hybridized carbons (Fsp3) is 0.350. The molecule has 0 spiro atoms. The van der Waals surface area contributed by atoms with Crippen molar-refractivity contribution in [3.63, 3.8) is 0 Å². The first kappa shape index (κ1) is 18.9. The van der Waals surface area contributed by atoms with E-state index in [4.69, 9.17) is 4.52 Å². The Labute approximate surface area is 168 Å². The van der Waals surface area contributed by atoms with Gasteiger partial charge in [-0.2, -0.15) is 4.98 Å². The highest BCUT2D eigenvalue weighted by molar-refractivity contribution is 5.77. The lowest BCUT2D eigenvalue weighted by Crippen LogP contribution is -2.49. The van der Waals surface area contributed by atoms with E-state index in [0.29, 0.717) is 43.6 Å². The maximum atomic E-state index is 12.6. The molecule has 0 aromatic carbocycles. The SMILES string of the molecule is Cc1noc(-c2cccnc2NCCC(=O)N2CCN(c3ccccn3)CC2)n1. The van der Waals surface area contributed by atoms with Crippen LogP contribution >= 0.6 is 0 Å². The van der Waals surface area contributed by atoms with Gasteiger partial charge in [0, 0.05) is 51.5 Å². The number of amides is 1. The summed E-state index contributed by atoms with van der Waals surface area (Å²) in [7, 11) is 0. The molecule has 1 N–H and O–H groups in total. The first-order valence-corrected chi connectivity index (χ1v) is 9.64. The van der Waals surface area contributed by atoms with Crippen molar-refractivity contribution >= 4 is 17.5 Å². The van der Waals surface area contributed by atoms with Gasteiger partial charge in [0.1, 0.15) is 11.6 Å². The minimum atomic E-state index is 0.129. The molecule has 9 nitrogen and oxygen atoms in total. The van der Waals surface area contributed by atoms with Crippen LogP contribution in [0.25, 0.3) is 11.5 Å². The Kier molecular flexibility index (Phi) is 5.64. The van der Waals surface area contributed by atoms with Crippen LogP contribution in [0.2, 0.25) is 0 Å². The summed E-state index contributed by atoms with van der Waals surface area (Å²) < 4.78 is 5.23. The Morgan fingerprint density at radius 1 is 1.10 bits per heavy atom. The van der Waals surface area contributed by atoms with Gasteiger partial charge in [-0.15, -0.1) is 0 Å². The molecule has 9 heteroatoms. The molecule has 1 aliphatic rings. The fourth-order valence-corrected chi connectivity index (χ4v) is 3.30. The summed E-state index contributed by atoms with van der Waals surface area (Å²) >= 11 is 0. The Bertz CT molecular complexity index is 952. The number of anilines is 2. The van der Waals surface area contributed by atoms with Crippen LogP contribution in [-0.2, 0) is 4.79 Å². The number of rotatable bonds is 6. The Morgan fingerprint density at radius 2 is 1.93 bits per heavy atom. The lowest BCUT2D eigenvalue weighted by atomic mass is 10.2. The van der Waals surface area contributed by atoms with Crippen molar-refractivity contribution in [3.8, 4) is 11.5 Å². The molecule has 0 atom stereocenters. The normalized spacial score (nSPS) is 14.1. The van der Waals surface area contributed by atoms with Gasteiger partial charge in [-0.1, -0.05) is 11.2 Å². The lowest BCUT2D eigenvalue weighted by Gasteiger charge is -2.35. The van der Waals surface area contributed by atoms with E-state index in [-0.39, 0.29) is 5.91 Å². The standard InChI is InChI=1S/C20H23N7O2/c1-15-24-20(29-25-15)16-5-4-9-22-19(16)23-10-7-18(28)27-13-11-26(12-14-27)17-6-2-3-8-21-17/h2-6,8-9H,7,10-14H2,1H3,(H,22,23). The van der Waals surface area contributed by atoms with Crippen molar-refractivity contribution in [1.82, 2.24) is 25.0 Å². The van der Waals surface area contributed by atoms with E-state index in [1.807, 2.05) is 35.2 Å². The summed E-state index contributed by atoms with van der Waals surface area (Å²) in [6, 6.07) is 9.56. The number of hydrogen-bond donors (Lipinski definition) is 1. The molecule has 29 heavy (non-hydrogen) atoms. The highest BCUT2D eigenvalue weighted by Gasteiger charge is 2.21. The third-order valence-electron chi connectivity index (χ3n) is 4.80. The molecule has 1 aliphatic heterocycles. The predicted molar refractivity (Wildman–Crippen MR) is 108 cm³/mol. The highest BCUT2D eigenvalue weighted by Crippen LogP contribution is 2.24. The average molecular weight is 393 g/mol. The third-order valence-corrected chi connectivity index (χ3v) is 4.80. The van der Waals surface area contributed by atoms with Crippen molar-refractivity contribution < 1.29 is 9.32 Å². The molecule has 1 amide bonds. The Morgan fingerprint density at radius 3 is 2.66 bits per heavy atom. The van der Waals surface area contributed by atoms with Gasteiger partial charge in [0.25, 0.3) is 5.89 Å². The number of aryl methyl sites for hydroxylation is 1. The Hall–Kier alpha value is -3.49. The van der Waals surface area contributed by atoms with Crippen LogP contribution in [-0.4, -0.2) is 63.6 Å². The molecule has 0 radical (unpaired) electrons. The van der Waals surface area contributed by atoms with Crippen LogP contribution in [0, 0.1) is 6.92 Å². The van der Waals surface area contributed by atoms with Gasteiger partial charge in [0.15, 0.2) is 5.82 Å². The predicted octanol–water partition coefficient (Wildman–Crippen LogP) is 1.99. The molecule has 1 fully saturated rings. The second-order valence-corrected chi connectivity index (χ2v) is 6.78. The number of nitrogens with one attached hydrogen (secondary N) is 1. The first-order valence-electron chi connectivity index (χ1n) is 9.64. The molecular formula is C20H23N7O2. The molecular weight excluding hydrogens is 370 g/mol. The van der Waals surface area contributed by atoms with Gasteiger partial charge in [-0.25, -0.2) is 9.97 Å². The number of piperazine rings is 1. The molecule has 0 saturated carbocycles. The minimum absolute atomic E-state index is 0.129. The van der Waals surface area contributed by atoms with E-state index >= 15 is 0 Å². The third kappa shape index (κ3) is 4.50. The quantitative estimate of drug-likeness (QED) is 0.679. The zero-order chi connectivity index (χ0) is 20.1. The summed E-state index contributed by atoms with van der Waals surface area (Å²) in [5.41, 5.74) is 0.726. The highest BCUT2D eigenvalue weighted by atomic mass is 16.5. The smallest absolute Gasteiger partial charge is 0.261 e. The molecule has 150 valence electrons. The van der Waals surface area contributed by atoms with Gasteiger partial charge in [-0.3, -0.25) is 4.79 Å². The van der Waals surface area contributed by atoms with E-state index in [1.165, 1.54) is 0 Å². The largest absolute Gasteiger partial charge is 0.369 e. The van der Waals surface area contributed by atoms with Crippen LogP contribution in [0.15, 0.2) is 47.2 Å². The summed E-state index contributed by atoms with van der Waals surface area (Å²) in [6.45, 7) is 5.23. The monoisotopic (exact) mass is 393 g/mol. The zero-order valence-corrected chi connectivity index (χ0v) is 16.3. The topological polar surface area (TPSA) is 100 Å². The molecule has 0 bridgehead atoms. The summed E-state index contributed by atoms with van der Waals surface area (Å²) in [6.07, 6.45) is 3.87. The lowest BCUT2D eigenvalue weighted by molar-refractivity contribution is -0.131. The average Bonchev–Trinajstić information content (AvgIpc) is 3.21. The van der Waals surface area contributed by atoms with Crippen molar-refractivity contribution in [3.05, 3.63) is 48.5 Å². The van der Waals surface area contributed by atoms with Crippen molar-refractivity contribution in [2.45, 2.75) is 13.3 Å². The summed E-state index contributed by atoms with van der Waals surface area (Å²) in [5, 5.41) is 7.04. The van der Waals surface area contributed by atoms with Crippen molar-refractivity contribution in [1.29, 1.82) is 0 Å². The van der Waals surface area contributed by atoms with E-state index in [9.17, 15) is 4.79 Å². The molecule has 4 rings (SSSR count).